The lowest BCUT2D eigenvalue weighted by Gasteiger charge is -2.29. The lowest BCUT2D eigenvalue weighted by atomic mass is 9.92. The second kappa shape index (κ2) is 11.0. The van der Waals surface area contributed by atoms with Crippen LogP contribution < -0.4 is 11.1 Å². The summed E-state index contributed by atoms with van der Waals surface area (Å²) in [6, 6.07) is 16.6. The molecule has 4 rings (SSSR count). The number of aryl methyl sites for hydroxylation is 1. The molecule has 202 valence electrons. The number of carbonyl (C=O) groups excluding carboxylic acids is 3. The number of esters is 1. The van der Waals surface area contributed by atoms with Gasteiger partial charge in [-0.15, -0.1) is 0 Å². The summed E-state index contributed by atoms with van der Waals surface area (Å²) in [4.78, 5) is 39.4. The lowest BCUT2D eigenvalue weighted by molar-refractivity contribution is -0.214. The first-order chi connectivity index (χ1) is 18.0. The molecule has 0 saturated carbocycles. The fraction of sp³-hybridized carbons (Fsp3) is 0.393. The number of nitrogens with one attached hydrogen (secondary N) is 1. The monoisotopic (exact) mass is 529 g/mol. The second-order valence-electron chi connectivity index (χ2n) is 9.58. The van der Waals surface area contributed by atoms with E-state index >= 15 is 0 Å². The zero-order valence-corrected chi connectivity index (χ0v) is 20.9. The highest BCUT2D eigenvalue weighted by molar-refractivity contribution is 5.90. The van der Waals surface area contributed by atoms with E-state index < -0.39 is 29.8 Å². The van der Waals surface area contributed by atoms with Gasteiger partial charge < -0.3 is 15.0 Å². The van der Waals surface area contributed by atoms with Crippen LogP contribution in [0.4, 0.5) is 13.2 Å². The van der Waals surface area contributed by atoms with Gasteiger partial charge in [0.2, 0.25) is 11.6 Å². The molecule has 0 radical (unpaired) electrons. The maximum absolute atomic E-state index is 13.3. The molecule has 2 bridgehead atoms. The minimum atomic E-state index is -5.30. The number of ether oxygens (including phenoxy) is 1. The standard InChI is InChI=1S/C28H30F3N3O4/c1-2-27(32,38-26(37)28(29,30)31)25(36)33-19(13-12-18-8-4-3-5-9-18)14-17-24(35)34-22-15-16-23(34)21-11-7-6-10-20(21)22/h3-11,14,17,19,22-23H,2,12-13,15-16,32H2,1H3,(H,33,36)/b17-14+/t19-,22-,23+,27-/m0/s1. The fourth-order valence-electron chi connectivity index (χ4n) is 5.11. The Kier molecular flexibility index (Phi) is 7.91. The summed E-state index contributed by atoms with van der Waals surface area (Å²) < 4.78 is 42.6. The Balaban J connectivity index is 1.50. The Morgan fingerprint density at radius 3 is 2.18 bits per heavy atom. The number of nitrogens with two attached hydrogens (primary N) is 1. The Hall–Kier alpha value is -3.66. The van der Waals surface area contributed by atoms with Crippen LogP contribution in [0.15, 0.2) is 66.7 Å². The SMILES string of the molecule is CC[C@](N)(OC(=O)C(F)(F)F)C(=O)N[C@H](/C=C/C(=O)N1[C@@H]2CC[C@H]1c1ccccc12)CCc1ccccc1. The van der Waals surface area contributed by atoms with Crippen LogP contribution >= 0.6 is 0 Å². The van der Waals surface area contributed by atoms with Crippen LogP contribution in [0, 0.1) is 0 Å². The summed E-state index contributed by atoms with van der Waals surface area (Å²) in [5.41, 5.74) is 6.52. The predicted molar refractivity (Wildman–Crippen MR) is 133 cm³/mol. The summed E-state index contributed by atoms with van der Waals surface area (Å²) >= 11 is 0. The largest absolute Gasteiger partial charge is 0.491 e. The van der Waals surface area contributed by atoms with Crippen LogP contribution in [0.2, 0.25) is 0 Å². The first-order valence-corrected chi connectivity index (χ1v) is 12.6. The third-order valence-electron chi connectivity index (χ3n) is 7.14. The summed E-state index contributed by atoms with van der Waals surface area (Å²) in [7, 11) is 0. The maximum Gasteiger partial charge on any atom is 0.491 e. The van der Waals surface area contributed by atoms with Gasteiger partial charge in [-0.3, -0.25) is 15.3 Å². The van der Waals surface area contributed by atoms with E-state index in [-0.39, 0.29) is 24.4 Å². The van der Waals surface area contributed by atoms with E-state index in [2.05, 4.69) is 10.1 Å². The number of alkyl halides is 3. The van der Waals surface area contributed by atoms with E-state index in [9.17, 15) is 27.6 Å². The van der Waals surface area contributed by atoms with Crippen molar-refractivity contribution in [2.75, 3.05) is 0 Å². The second-order valence-corrected chi connectivity index (χ2v) is 9.58. The van der Waals surface area contributed by atoms with E-state index in [4.69, 9.17) is 5.73 Å². The highest BCUT2D eigenvalue weighted by atomic mass is 19.4. The van der Waals surface area contributed by atoms with Crippen molar-refractivity contribution < 1.29 is 32.3 Å². The number of hydrogen-bond acceptors (Lipinski definition) is 5. The zero-order valence-electron chi connectivity index (χ0n) is 20.9. The van der Waals surface area contributed by atoms with Gasteiger partial charge in [-0.2, -0.15) is 13.2 Å². The average molecular weight is 530 g/mol. The minimum Gasteiger partial charge on any atom is -0.428 e. The van der Waals surface area contributed by atoms with Crippen LogP contribution in [0.5, 0.6) is 0 Å². The van der Waals surface area contributed by atoms with Gasteiger partial charge in [0.1, 0.15) is 0 Å². The van der Waals surface area contributed by atoms with Crippen molar-refractivity contribution in [2.24, 2.45) is 5.73 Å². The lowest BCUT2D eigenvalue weighted by Crippen LogP contribution is -2.59. The average Bonchev–Trinajstić information content (AvgIpc) is 3.47. The van der Waals surface area contributed by atoms with E-state index in [1.165, 1.54) is 19.1 Å². The molecule has 0 aromatic heterocycles. The van der Waals surface area contributed by atoms with Gasteiger partial charge in [-0.25, -0.2) is 4.79 Å². The molecule has 3 N–H and O–H groups in total. The molecule has 2 aliphatic heterocycles. The highest BCUT2D eigenvalue weighted by Gasteiger charge is 2.48. The topological polar surface area (TPSA) is 102 Å². The number of hydrogen-bond donors (Lipinski definition) is 2. The Morgan fingerprint density at radius 2 is 1.63 bits per heavy atom. The summed E-state index contributed by atoms with van der Waals surface area (Å²) in [5.74, 6) is -3.85. The Labute approximate surface area is 218 Å². The number of carbonyl (C=O) groups is 3. The smallest absolute Gasteiger partial charge is 0.428 e. The molecule has 0 aliphatic carbocycles. The van der Waals surface area contributed by atoms with Crippen LogP contribution in [-0.4, -0.2) is 40.6 Å². The number of rotatable bonds is 9. The molecule has 10 heteroatoms. The maximum atomic E-state index is 13.3. The number of fused-ring (bicyclic) bond motifs is 5. The van der Waals surface area contributed by atoms with Crippen molar-refractivity contribution in [3.05, 3.63) is 83.4 Å². The van der Waals surface area contributed by atoms with E-state index in [1.807, 2.05) is 59.5 Å². The van der Waals surface area contributed by atoms with Crippen molar-refractivity contribution in [1.82, 2.24) is 10.2 Å². The van der Waals surface area contributed by atoms with Gasteiger partial charge in [0.15, 0.2) is 0 Å². The van der Waals surface area contributed by atoms with Crippen molar-refractivity contribution in [3.63, 3.8) is 0 Å². The van der Waals surface area contributed by atoms with Crippen molar-refractivity contribution in [3.8, 4) is 0 Å². The Morgan fingerprint density at radius 1 is 1.05 bits per heavy atom. The summed E-state index contributed by atoms with van der Waals surface area (Å²) in [6.07, 6.45) is -0.198. The molecule has 2 aromatic carbocycles. The predicted octanol–water partition coefficient (Wildman–Crippen LogP) is 4.25. The molecule has 2 heterocycles. The first kappa shape index (κ1) is 27.4. The van der Waals surface area contributed by atoms with Gasteiger partial charge >= 0.3 is 12.1 Å². The van der Waals surface area contributed by atoms with Crippen molar-refractivity contribution in [1.29, 1.82) is 0 Å². The molecule has 38 heavy (non-hydrogen) atoms. The van der Waals surface area contributed by atoms with Crippen molar-refractivity contribution >= 4 is 17.8 Å². The van der Waals surface area contributed by atoms with Crippen LogP contribution in [0.3, 0.4) is 0 Å². The molecule has 7 nitrogen and oxygen atoms in total. The minimum absolute atomic E-state index is 0.00993. The van der Waals surface area contributed by atoms with Crippen LogP contribution in [0.25, 0.3) is 0 Å². The van der Waals surface area contributed by atoms with Crippen LogP contribution in [-0.2, 0) is 25.5 Å². The third kappa shape index (κ3) is 5.75. The van der Waals surface area contributed by atoms with Gasteiger partial charge in [-0.1, -0.05) is 67.6 Å². The number of amides is 2. The molecule has 1 saturated heterocycles. The van der Waals surface area contributed by atoms with Gasteiger partial charge in [0, 0.05) is 18.5 Å². The molecular weight excluding hydrogens is 499 g/mol. The molecule has 0 unspecified atom stereocenters. The molecule has 4 atom stereocenters. The zero-order chi connectivity index (χ0) is 27.5. The molecular formula is C28H30F3N3O4. The van der Waals surface area contributed by atoms with E-state index in [1.54, 1.807) is 0 Å². The molecule has 1 fully saturated rings. The van der Waals surface area contributed by atoms with Gasteiger partial charge in [-0.05, 0) is 42.4 Å². The summed E-state index contributed by atoms with van der Waals surface area (Å²) in [6.45, 7) is 1.34. The highest BCUT2D eigenvalue weighted by Crippen LogP contribution is 2.52. The van der Waals surface area contributed by atoms with Crippen LogP contribution in [0.1, 0.15) is 61.4 Å². The molecule has 2 amide bonds. The van der Waals surface area contributed by atoms with Gasteiger partial charge in [0.05, 0.1) is 12.1 Å². The van der Waals surface area contributed by atoms with Gasteiger partial charge in [0.25, 0.3) is 5.91 Å². The third-order valence-corrected chi connectivity index (χ3v) is 7.14. The molecule has 2 aromatic rings. The number of benzene rings is 2. The first-order valence-electron chi connectivity index (χ1n) is 12.6. The molecule has 2 aliphatic rings. The number of nitrogens with zero attached hydrogens (tertiary/aromatic N) is 1. The fourth-order valence-corrected chi connectivity index (χ4v) is 5.11. The Bertz CT molecular complexity index is 1190. The summed E-state index contributed by atoms with van der Waals surface area (Å²) in [5, 5.41) is 2.57. The van der Waals surface area contributed by atoms with E-state index in [0.29, 0.717) is 12.8 Å². The van der Waals surface area contributed by atoms with E-state index in [0.717, 1.165) is 29.5 Å². The van der Waals surface area contributed by atoms with Crippen molar-refractivity contribution in [2.45, 2.75) is 69.1 Å². The normalized spacial score (nSPS) is 20.6. The number of halogens is 3. The molecule has 0 spiro atoms. The quantitative estimate of drug-likeness (QED) is 0.287.